The number of allylic oxidation sites excluding steroid dienone is 3. The summed E-state index contributed by atoms with van der Waals surface area (Å²) in [5, 5.41) is 20.2. The largest absolute Gasteiger partial charge is 0.289 e. The van der Waals surface area contributed by atoms with Crippen LogP contribution in [-0.2, 0) is 0 Å². The van der Waals surface area contributed by atoms with Gasteiger partial charge in [-0.05, 0) is 41.3 Å². The number of Topliss-reactive ketones (excluding diaryl/α,β-unsaturated/α-hetero) is 1. The number of carbonyl (C=O) groups is 1. The van der Waals surface area contributed by atoms with Crippen molar-refractivity contribution < 1.29 is 4.79 Å². The van der Waals surface area contributed by atoms with E-state index in [2.05, 4.69) is 42.5 Å². The minimum absolute atomic E-state index is 0.0371. The van der Waals surface area contributed by atoms with Gasteiger partial charge in [0.05, 0.1) is 0 Å². The topological polar surface area (TPSA) is 64.7 Å². The number of fused-ring (bicyclic) bond motifs is 3. The summed E-state index contributed by atoms with van der Waals surface area (Å²) in [6.07, 6.45) is 1.82. The number of carbonyl (C=O) groups excluding carboxylic acids is 1. The molecule has 0 amide bonds. The zero-order chi connectivity index (χ0) is 22.5. The monoisotopic (exact) mass is 476 g/mol. The van der Waals surface area contributed by atoms with Gasteiger partial charge in [0.1, 0.15) is 17.7 Å². The average Bonchev–Trinajstić information content (AvgIpc) is 3.57. The lowest BCUT2D eigenvalue weighted by Gasteiger charge is -2.01. The Hall–Kier alpha value is -3.81. The van der Waals surface area contributed by atoms with Gasteiger partial charge in [0.2, 0.25) is 0 Å². The van der Waals surface area contributed by atoms with Crippen molar-refractivity contribution >= 4 is 70.9 Å². The fourth-order valence-electron chi connectivity index (χ4n) is 4.14. The van der Waals surface area contributed by atoms with Gasteiger partial charge in [-0.1, -0.05) is 42.5 Å². The van der Waals surface area contributed by atoms with E-state index in [4.69, 9.17) is 0 Å². The Balaban J connectivity index is 1.43. The Morgan fingerprint density at radius 1 is 0.758 bits per heavy atom. The summed E-state index contributed by atoms with van der Waals surface area (Å²) in [4.78, 5) is 16.5. The smallest absolute Gasteiger partial charge is 0.194 e. The molecule has 0 spiro atoms. The summed E-state index contributed by atoms with van der Waals surface area (Å²) in [5.41, 5.74) is 1.99. The summed E-state index contributed by atoms with van der Waals surface area (Å²) in [7, 11) is 0. The maximum Gasteiger partial charge on any atom is 0.194 e. The van der Waals surface area contributed by atoms with E-state index in [0.29, 0.717) is 22.3 Å². The number of nitriles is 2. The van der Waals surface area contributed by atoms with Gasteiger partial charge >= 0.3 is 0 Å². The summed E-state index contributed by atoms with van der Waals surface area (Å²) in [6, 6.07) is 26.0. The Bertz CT molecular complexity index is 1680. The molecule has 0 saturated carbocycles. The van der Waals surface area contributed by atoms with Crippen molar-refractivity contribution in [1.82, 2.24) is 0 Å². The van der Waals surface area contributed by atoms with Crippen LogP contribution in [0.5, 0.6) is 0 Å². The SMILES string of the molecule is N#CC(C#N)=C1/C(=C/c2cc3sc(-c4cc5ccccc5s4)cc3s2)C(=O)c2ccccc21. The molecular formula is C27H12N2OS3. The number of hydrogen-bond acceptors (Lipinski definition) is 6. The summed E-state index contributed by atoms with van der Waals surface area (Å²) in [6.45, 7) is 0. The molecule has 0 bridgehead atoms. The number of thiophene rings is 3. The van der Waals surface area contributed by atoms with Crippen LogP contribution in [0.15, 0.2) is 77.9 Å². The van der Waals surface area contributed by atoms with Crippen molar-refractivity contribution in [2.24, 2.45) is 0 Å². The van der Waals surface area contributed by atoms with Crippen LogP contribution in [0.3, 0.4) is 0 Å². The molecule has 3 aromatic heterocycles. The summed E-state index contributed by atoms with van der Waals surface area (Å²) >= 11 is 5.15. The summed E-state index contributed by atoms with van der Waals surface area (Å²) in [5.74, 6) is -0.147. The summed E-state index contributed by atoms with van der Waals surface area (Å²) < 4.78 is 3.60. The third-order valence-electron chi connectivity index (χ3n) is 5.61. The van der Waals surface area contributed by atoms with E-state index in [9.17, 15) is 15.3 Å². The van der Waals surface area contributed by atoms with E-state index in [-0.39, 0.29) is 11.4 Å². The molecule has 0 saturated heterocycles. The molecule has 3 heterocycles. The molecule has 2 aromatic carbocycles. The Morgan fingerprint density at radius 2 is 1.42 bits per heavy atom. The van der Waals surface area contributed by atoms with Crippen LogP contribution < -0.4 is 0 Å². The third kappa shape index (κ3) is 3.16. The maximum absolute atomic E-state index is 13.1. The molecule has 6 heteroatoms. The zero-order valence-electron chi connectivity index (χ0n) is 17.0. The highest BCUT2D eigenvalue weighted by atomic mass is 32.1. The van der Waals surface area contributed by atoms with Crippen molar-refractivity contribution in [1.29, 1.82) is 10.5 Å². The maximum atomic E-state index is 13.1. The second-order valence-electron chi connectivity index (χ2n) is 7.54. The highest BCUT2D eigenvalue weighted by Gasteiger charge is 2.32. The minimum atomic E-state index is -0.147. The van der Waals surface area contributed by atoms with Gasteiger partial charge in [0, 0.05) is 45.4 Å². The van der Waals surface area contributed by atoms with Gasteiger partial charge < -0.3 is 0 Å². The molecule has 1 aliphatic rings. The molecule has 0 fully saturated rings. The highest BCUT2D eigenvalue weighted by Crippen LogP contribution is 2.44. The number of rotatable bonds is 2. The van der Waals surface area contributed by atoms with Crippen molar-refractivity contribution in [2.45, 2.75) is 0 Å². The molecule has 0 atom stereocenters. The zero-order valence-corrected chi connectivity index (χ0v) is 19.4. The van der Waals surface area contributed by atoms with E-state index in [1.807, 2.05) is 24.3 Å². The number of ketones is 1. The first-order valence-electron chi connectivity index (χ1n) is 10.1. The van der Waals surface area contributed by atoms with E-state index >= 15 is 0 Å². The Labute approximate surface area is 201 Å². The van der Waals surface area contributed by atoms with Crippen molar-refractivity contribution in [3.05, 3.63) is 93.9 Å². The van der Waals surface area contributed by atoms with Crippen LogP contribution in [0.25, 0.3) is 40.9 Å². The number of benzene rings is 2. The normalized spacial score (nSPS) is 14.1. The number of nitrogens with zero attached hydrogens (tertiary/aromatic N) is 2. The van der Waals surface area contributed by atoms with E-state index in [1.54, 1.807) is 52.2 Å². The lowest BCUT2D eigenvalue weighted by atomic mass is 9.99. The predicted molar refractivity (Wildman–Crippen MR) is 137 cm³/mol. The van der Waals surface area contributed by atoms with Crippen LogP contribution in [0.1, 0.15) is 20.8 Å². The van der Waals surface area contributed by atoms with Crippen molar-refractivity contribution in [3.8, 4) is 21.9 Å². The average molecular weight is 477 g/mol. The molecule has 0 unspecified atom stereocenters. The van der Waals surface area contributed by atoms with Gasteiger partial charge in [-0.2, -0.15) is 10.5 Å². The van der Waals surface area contributed by atoms with Crippen molar-refractivity contribution in [2.75, 3.05) is 0 Å². The van der Waals surface area contributed by atoms with Crippen LogP contribution in [-0.4, -0.2) is 5.78 Å². The first-order valence-corrected chi connectivity index (χ1v) is 12.5. The van der Waals surface area contributed by atoms with Crippen LogP contribution in [0.2, 0.25) is 0 Å². The van der Waals surface area contributed by atoms with Crippen LogP contribution >= 0.6 is 34.0 Å². The second-order valence-corrected chi connectivity index (χ2v) is 10.8. The Morgan fingerprint density at radius 3 is 2.18 bits per heavy atom. The molecule has 3 nitrogen and oxygen atoms in total. The second kappa shape index (κ2) is 7.65. The first-order chi connectivity index (χ1) is 16.2. The molecule has 5 aromatic rings. The van der Waals surface area contributed by atoms with E-state index in [0.717, 1.165) is 14.3 Å². The fourth-order valence-corrected chi connectivity index (χ4v) is 7.62. The van der Waals surface area contributed by atoms with Gasteiger partial charge in [-0.3, -0.25) is 4.79 Å². The minimum Gasteiger partial charge on any atom is -0.289 e. The Kier molecular flexibility index (Phi) is 4.60. The quantitative estimate of drug-likeness (QED) is 0.192. The molecule has 1 aliphatic carbocycles. The molecular weight excluding hydrogens is 465 g/mol. The molecule has 0 N–H and O–H groups in total. The van der Waals surface area contributed by atoms with Gasteiger partial charge in [-0.25, -0.2) is 0 Å². The molecule has 6 rings (SSSR count). The van der Waals surface area contributed by atoms with Gasteiger partial charge in [-0.15, -0.1) is 34.0 Å². The molecule has 33 heavy (non-hydrogen) atoms. The highest BCUT2D eigenvalue weighted by molar-refractivity contribution is 7.32. The third-order valence-corrected chi connectivity index (χ3v) is 9.16. The number of hydrogen-bond donors (Lipinski definition) is 0. The standard InChI is InChI=1S/C27H12N2OS3/c28-13-16(14-29)26-18-6-2-3-7-19(18)27(30)20(26)10-17-11-23-24(31-17)12-25(33-23)22-9-15-5-1-4-8-21(15)32-22/h1-12H/b20-10-. The molecule has 0 radical (unpaired) electrons. The van der Waals surface area contributed by atoms with Gasteiger partial charge in [0.15, 0.2) is 5.78 Å². The van der Waals surface area contributed by atoms with Crippen LogP contribution in [0, 0.1) is 22.7 Å². The van der Waals surface area contributed by atoms with E-state index < -0.39 is 0 Å². The first kappa shape index (κ1) is 19.8. The van der Waals surface area contributed by atoms with Gasteiger partial charge in [0.25, 0.3) is 0 Å². The van der Waals surface area contributed by atoms with Crippen LogP contribution in [0.4, 0.5) is 0 Å². The molecule has 154 valence electrons. The lowest BCUT2D eigenvalue weighted by molar-refractivity contribution is 0.104. The van der Waals surface area contributed by atoms with Crippen molar-refractivity contribution in [3.63, 3.8) is 0 Å². The lowest BCUT2D eigenvalue weighted by Crippen LogP contribution is -1.95. The van der Waals surface area contributed by atoms with E-state index in [1.165, 1.54) is 19.8 Å². The molecule has 0 aliphatic heterocycles. The predicted octanol–water partition coefficient (Wildman–Crippen LogP) is 7.93. The fraction of sp³-hybridized carbons (Fsp3) is 0.